The van der Waals surface area contributed by atoms with Crippen LogP contribution in [0.5, 0.6) is 0 Å². The zero-order chi connectivity index (χ0) is 22.1. The summed E-state index contributed by atoms with van der Waals surface area (Å²) in [7, 11) is 0. The Morgan fingerprint density at radius 1 is 1.13 bits per heavy atom. The topological polar surface area (TPSA) is 71.5 Å². The van der Waals surface area contributed by atoms with Crippen molar-refractivity contribution >= 4 is 11.9 Å². The lowest BCUT2D eigenvalue weighted by atomic mass is 10.1. The highest BCUT2D eigenvalue weighted by Crippen LogP contribution is 2.32. The van der Waals surface area contributed by atoms with E-state index in [-0.39, 0.29) is 17.7 Å². The van der Waals surface area contributed by atoms with Gasteiger partial charge in [-0.3, -0.25) is 4.98 Å². The van der Waals surface area contributed by atoms with Gasteiger partial charge in [-0.1, -0.05) is 0 Å². The minimum Gasteiger partial charge on any atom is -0.444 e. The molecule has 0 saturated carbocycles. The van der Waals surface area contributed by atoms with Gasteiger partial charge in [0.2, 0.25) is 0 Å². The minimum absolute atomic E-state index is 0.0241. The molecule has 162 valence electrons. The Hall–Kier alpha value is -2.91. The molecule has 3 heterocycles. The van der Waals surface area contributed by atoms with Crippen molar-refractivity contribution in [3.63, 3.8) is 0 Å². The molecule has 1 unspecified atom stereocenters. The van der Waals surface area contributed by atoms with Crippen LogP contribution in [0.3, 0.4) is 0 Å². The van der Waals surface area contributed by atoms with E-state index in [4.69, 9.17) is 4.74 Å². The monoisotopic (exact) mass is 423 g/mol. The van der Waals surface area contributed by atoms with Crippen LogP contribution in [0, 0.1) is 0 Å². The van der Waals surface area contributed by atoms with E-state index in [9.17, 15) is 18.0 Å². The molecule has 30 heavy (non-hydrogen) atoms. The van der Waals surface area contributed by atoms with Crippen molar-refractivity contribution in [1.29, 1.82) is 0 Å². The third kappa shape index (κ3) is 5.17. The van der Waals surface area contributed by atoms with E-state index >= 15 is 0 Å². The Morgan fingerprint density at radius 2 is 1.80 bits per heavy atom. The number of carbonyl (C=O) groups is 1. The number of rotatable bonds is 2. The summed E-state index contributed by atoms with van der Waals surface area (Å²) in [6.07, 6.45) is -2.10. The van der Waals surface area contributed by atoms with E-state index in [1.165, 1.54) is 12.4 Å². The molecule has 2 aromatic rings. The summed E-state index contributed by atoms with van der Waals surface area (Å²) in [6.45, 7) is 8.13. The molecule has 1 amide bonds. The summed E-state index contributed by atoms with van der Waals surface area (Å²) in [6, 6.07) is 3.81. The first-order valence-electron chi connectivity index (χ1n) is 9.55. The molecule has 1 fully saturated rings. The van der Waals surface area contributed by atoms with Crippen LogP contribution in [-0.2, 0) is 10.9 Å². The van der Waals surface area contributed by atoms with Gasteiger partial charge in [0.25, 0.3) is 0 Å². The first kappa shape index (κ1) is 21.8. The van der Waals surface area contributed by atoms with Gasteiger partial charge in [-0.05, 0) is 39.8 Å². The van der Waals surface area contributed by atoms with Gasteiger partial charge < -0.3 is 14.5 Å². The Balaban J connectivity index is 1.88. The van der Waals surface area contributed by atoms with E-state index in [0.29, 0.717) is 25.2 Å². The molecule has 1 aliphatic rings. The number of halogens is 3. The number of pyridine rings is 1. The van der Waals surface area contributed by atoms with Crippen LogP contribution < -0.4 is 4.90 Å². The highest BCUT2D eigenvalue weighted by Gasteiger charge is 2.36. The summed E-state index contributed by atoms with van der Waals surface area (Å²) in [5.74, 6) is 0.143. The first-order valence-corrected chi connectivity index (χ1v) is 9.55. The maximum Gasteiger partial charge on any atom is 0.433 e. The second kappa shape index (κ2) is 8.08. The number of ether oxygens (including phenoxy) is 1. The van der Waals surface area contributed by atoms with Crippen molar-refractivity contribution in [3.05, 3.63) is 36.3 Å². The van der Waals surface area contributed by atoms with Crippen LogP contribution in [0.15, 0.2) is 30.6 Å². The van der Waals surface area contributed by atoms with Crippen LogP contribution >= 0.6 is 0 Å². The number of hydrogen-bond acceptors (Lipinski definition) is 6. The van der Waals surface area contributed by atoms with Gasteiger partial charge in [0.15, 0.2) is 11.5 Å². The molecular formula is C20H24F3N5O2. The Kier molecular flexibility index (Phi) is 5.87. The van der Waals surface area contributed by atoms with Crippen molar-refractivity contribution in [3.8, 4) is 11.4 Å². The summed E-state index contributed by atoms with van der Waals surface area (Å²) in [5, 5.41) is 0. The molecule has 7 nitrogen and oxygen atoms in total. The fourth-order valence-electron chi connectivity index (χ4n) is 3.15. The van der Waals surface area contributed by atoms with Gasteiger partial charge >= 0.3 is 12.3 Å². The standard InChI is InChI=1S/C20H24F3N5O2/c1-13-12-27(18(29)30-19(2,3)4)9-10-28(13)16-11-15(20(21,22)23)25-17(26-16)14-5-7-24-8-6-14/h5-8,11,13H,9-10,12H2,1-4H3. The smallest absolute Gasteiger partial charge is 0.433 e. The summed E-state index contributed by atoms with van der Waals surface area (Å²) >= 11 is 0. The summed E-state index contributed by atoms with van der Waals surface area (Å²) in [5.41, 5.74) is -1.19. The Bertz CT molecular complexity index is 900. The van der Waals surface area contributed by atoms with Gasteiger partial charge in [0.05, 0.1) is 0 Å². The highest BCUT2D eigenvalue weighted by atomic mass is 19.4. The molecule has 1 atom stereocenters. The average molecular weight is 423 g/mol. The van der Waals surface area contributed by atoms with Crippen molar-refractivity contribution in [2.45, 2.75) is 45.5 Å². The van der Waals surface area contributed by atoms with Gasteiger partial charge in [0.1, 0.15) is 11.4 Å². The Morgan fingerprint density at radius 3 is 2.37 bits per heavy atom. The highest BCUT2D eigenvalue weighted by molar-refractivity contribution is 5.69. The normalized spacial score (nSPS) is 17.8. The van der Waals surface area contributed by atoms with Gasteiger partial charge in [-0.15, -0.1) is 0 Å². The number of hydrogen-bond donors (Lipinski definition) is 0. The fraction of sp³-hybridized carbons (Fsp3) is 0.500. The number of alkyl halides is 3. The van der Waals surface area contributed by atoms with Crippen LogP contribution in [0.2, 0.25) is 0 Å². The molecule has 0 N–H and O–H groups in total. The van der Waals surface area contributed by atoms with Crippen molar-refractivity contribution in [1.82, 2.24) is 19.9 Å². The molecule has 0 aromatic carbocycles. The molecule has 1 aliphatic heterocycles. The maximum absolute atomic E-state index is 13.5. The number of aromatic nitrogens is 3. The lowest BCUT2D eigenvalue weighted by Crippen LogP contribution is -2.54. The molecule has 10 heteroatoms. The van der Waals surface area contributed by atoms with Crippen molar-refractivity contribution in [2.24, 2.45) is 0 Å². The second-order valence-corrected chi connectivity index (χ2v) is 8.14. The van der Waals surface area contributed by atoms with Crippen molar-refractivity contribution in [2.75, 3.05) is 24.5 Å². The molecule has 0 bridgehead atoms. The number of amides is 1. The Labute approximate surface area is 172 Å². The predicted octanol–water partition coefficient (Wildman–Crippen LogP) is 4.00. The predicted molar refractivity (Wildman–Crippen MR) is 105 cm³/mol. The average Bonchev–Trinajstić information content (AvgIpc) is 2.66. The first-order chi connectivity index (χ1) is 13.9. The zero-order valence-electron chi connectivity index (χ0n) is 17.3. The molecule has 2 aromatic heterocycles. The number of anilines is 1. The zero-order valence-corrected chi connectivity index (χ0v) is 17.3. The summed E-state index contributed by atoms with van der Waals surface area (Å²) in [4.78, 5) is 27.6. The van der Waals surface area contributed by atoms with E-state index in [0.717, 1.165) is 6.07 Å². The van der Waals surface area contributed by atoms with Gasteiger partial charge in [-0.2, -0.15) is 13.2 Å². The fourth-order valence-corrected chi connectivity index (χ4v) is 3.15. The van der Waals surface area contributed by atoms with E-state index in [1.54, 1.807) is 42.7 Å². The number of nitrogens with zero attached hydrogens (tertiary/aromatic N) is 5. The van der Waals surface area contributed by atoms with E-state index in [1.807, 2.05) is 6.92 Å². The third-order valence-corrected chi connectivity index (χ3v) is 4.52. The quantitative estimate of drug-likeness (QED) is 0.727. The SMILES string of the molecule is CC1CN(C(=O)OC(C)(C)C)CCN1c1cc(C(F)(F)F)nc(-c2ccncc2)n1. The summed E-state index contributed by atoms with van der Waals surface area (Å²) < 4.78 is 45.8. The maximum atomic E-state index is 13.5. The molecule has 0 radical (unpaired) electrons. The molecule has 0 aliphatic carbocycles. The second-order valence-electron chi connectivity index (χ2n) is 8.14. The van der Waals surface area contributed by atoms with Gasteiger partial charge in [0, 0.05) is 49.7 Å². The molecular weight excluding hydrogens is 399 g/mol. The molecule has 0 spiro atoms. The third-order valence-electron chi connectivity index (χ3n) is 4.52. The minimum atomic E-state index is -4.61. The number of piperazine rings is 1. The van der Waals surface area contributed by atoms with Crippen molar-refractivity contribution < 1.29 is 22.7 Å². The van der Waals surface area contributed by atoms with Crippen LogP contribution in [0.4, 0.5) is 23.8 Å². The molecule has 1 saturated heterocycles. The van der Waals surface area contributed by atoms with Crippen LogP contribution in [-0.4, -0.2) is 57.2 Å². The van der Waals surface area contributed by atoms with E-state index < -0.39 is 23.6 Å². The van der Waals surface area contributed by atoms with Crippen LogP contribution in [0.25, 0.3) is 11.4 Å². The van der Waals surface area contributed by atoms with E-state index in [2.05, 4.69) is 15.0 Å². The lowest BCUT2D eigenvalue weighted by molar-refractivity contribution is -0.141. The van der Waals surface area contributed by atoms with Crippen LogP contribution in [0.1, 0.15) is 33.4 Å². The largest absolute Gasteiger partial charge is 0.444 e. The lowest BCUT2D eigenvalue weighted by Gasteiger charge is -2.41. The number of carbonyl (C=O) groups excluding carboxylic acids is 1. The van der Waals surface area contributed by atoms with Gasteiger partial charge in [-0.25, -0.2) is 14.8 Å². The molecule has 3 rings (SSSR count).